The summed E-state index contributed by atoms with van der Waals surface area (Å²) in [7, 11) is 3.39. The van der Waals surface area contributed by atoms with Gasteiger partial charge in [-0.25, -0.2) is 0 Å². The standard InChI is InChI=1S/C15H23N3O2/c1-15(2,20-4)9-12-10-17-14(16)18(12)11-6-5-7-13(8-11)19-3/h5-8,12H,9-10H2,1-4H3,(H2,16,17). The summed E-state index contributed by atoms with van der Waals surface area (Å²) in [6.45, 7) is 4.84. The lowest BCUT2D eigenvalue weighted by molar-refractivity contribution is 0.0114. The minimum absolute atomic E-state index is 0.206. The normalized spacial score (nSPS) is 19.1. The summed E-state index contributed by atoms with van der Waals surface area (Å²) in [5, 5.41) is 0. The van der Waals surface area contributed by atoms with Crippen LogP contribution in [0.3, 0.4) is 0 Å². The van der Waals surface area contributed by atoms with Crippen LogP contribution in [-0.2, 0) is 4.74 Å². The van der Waals surface area contributed by atoms with E-state index in [9.17, 15) is 0 Å². The highest BCUT2D eigenvalue weighted by molar-refractivity contribution is 5.97. The van der Waals surface area contributed by atoms with E-state index in [0.717, 1.165) is 17.9 Å². The number of methoxy groups -OCH3 is 2. The summed E-state index contributed by atoms with van der Waals surface area (Å²) in [5.74, 6) is 1.36. The van der Waals surface area contributed by atoms with Gasteiger partial charge >= 0.3 is 0 Å². The molecule has 1 aliphatic heterocycles. The van der Waals surface area contributed by atoms with Crippen molar-refractivity contribution in [1.29, 1.82) is 0 Å². The van der Waals surface area contributed by atoms with Crippen LogP contribution in [-0.4, -0.2) is 38.4 Å². The molecule has 1 aromatic carbocycles. The molecule has 2 N–H and O–H groups in total. The van der Waals surface area contributed by atoms with Crippen LogP contribution in [0, 0.1) is 0 Å². The first-order valence-electron chi connectivity index (χ1n) is 6.75. The molecule has 0 amide bonds. The molecule has 0 fully saturated rings. The van der Waals surface area contributed by atoms with Gasteiger partial charge in [-0.2, -0.15) is 0 Å². The smallest absolute Gasteiger partial charge is 0.196 e. The monoisotopic (exact) mass is 277 g/mol. The summed E-state index contributed by atoms with van der Waals surface area (Å²) in [5.41, 5.74) is 6.84. The van der Waals surface area contributed by atoms with E-state index in [2.05, 4.69) is 23.7 Å². The maximum atomic E-state index is 6.05. The number of guanidine groups is 1. The Hall–Kier alpha value is -1.75. The van der Waals surface area contributed by atoms with Crippen LogP contribution < -0.4 is 15.4 Å². The molecule has 1 aromatic rings. The predicted molar refractivity (Wildman–Crippen MR) is 81.5 cm³/mol. The second-order valence-electron chi connectivity index (χ2n) is 5.59. The Morgan fingerprint density at radius 1 is 1.40 bits per heavy atom. The van der Waals surface area contributed by atoms with Crippen molar-refractivity contribution in [2.45, 2.75) is 31.9 Å². The molecule has 1 heterocycles. The van der Waals surface area contributed by atoms with Crippen LogP contribution in [0.2, 0.25) is 0 Å². The van der Waals surface area contributed by atoms with Gasteiger partial charge in [0.25, 0.3) is 0 Å². The Labute approximate surface area is 120 Å². The van der Waals surface area contributed by atoms with Gasteiger partial charge < -0.3 is 20.1 Å². The Kier molecular flexibility index (Phi) is 4.18. The van der Waals surface area contributed by atoms with Crippen LogP contribution >= 0.6 is 0 Å². The number of nitrogens with two attached hydrogens (primary N) is 1. The molecule has 0 saturated heterocycles. The van der Waals surface area contributed by atoms with Gasteiger partial charge in [-0.15, -0.1) is 0 Å². The molecule has 1 atom stereocenters. The largest absolute Gasteiger partial charge is 0.497 e. The molecule has 5 heteroatoms. The average molecular weight is 277 g/mol. The van der Waals surface area contributed by atoms with Crippen molar-refractivity contribution in [3.63, 3.8) is 0 Å². The summed E-state index contributed by atoms with van der Waals surface area (Å²) in [6, 6.07) is 8.07. The van der Waals surface area contributed by atoms with E-state index in [1.807, 2.05) is 24.3 Å². The molecule has 0 bridgehead atoms. The van der Waals surface area contributed by atoms with Gasteiger partial charge in [0.05, 0.1) is 25.3 Å². The second kappa shape index (κ2) is 5.71. The molecule has 1 aliphatic rings. The molecule has 1 unspecified atom stereocenters. The van der Waals surface area contributed by atoms with Crippen LogP contribution in [0.4, 0.5) is 5.69 Å². The molecular formula is C15H23N3O2. The zero-order valence-electron chi connectivity index (χ0n) is 12.6. The SMILES string of the molecule is COc1cccc(N2C(N)=NCC2CC(C)(C)OC)c1. The van der Waals surface area contributed by atoms with Crippen LogP contribution in [0.15, 0.2) is 29.3 Å². The number of benzene rings is 1. The van der Waals surface area contributed by atoms with Gasteiger partial charge in [-0.05, 0) is 32.4 Å². The van der Waals surface area contributed by atoms with Crippen molar-refractivity contribution in [3.8, 4) is 5.75 Å². The third kappa shape index (κ3) is 3.04. The van der Waals surface area contributed by atoms with Crippen LogP contribution in [0.5, 0.6) is 5.75 Å². The molecule has 110 valence electrons. The maximum absolute atomic E-state index is 6.05. The Bertz CT molecular complexity index is 500. The minimum atomic E-state index is -0.206. The lowest BCUT2D eigenvalue weighted by Gasteiger charge is -2.32. The fourth-order valence-electron chi connectivity index (χ4n) is 2.45. The molecule has 0 saturated carbocycles. The molecular weight excluding hydrogens is 254 g/mol. The Morgan fingerprint density at radius 2 is 2.15 bits per heavy atom. The zero-order valence-corrected chi connectivity index (χ0v) is 12.6. The first-order valence-corrected chi connectivity index (χ1v) is 6.75. The van der Waals surface area contributed by atoms with Crippen molar-refractivity contribution in [2.24, 2.45) is 10.7 Å². The molecule has 0 radical (unpaired) electrons. The van der Waals surface area contributed by atoms with Gasteiger partial charge in [0.2, 0.25) is 0 Å². The van der Waals surface area contributed by atoms with Gasteiger partial charge in [-0.1, -0.05) is 6.07 Å². The molecule has 20 heavy (non-hydrogen) atoms. The van der Waals surface area contributed by atoms with Crippen molar-refractivity contribution >= 4 is 11.6 Å². The quantitative estimate of drug-likeness (QED) is 0.894. The summed E-state index contributed by atoms with van der Waals surface area (Å²) < 4.78 is 10.8. The van der Waals surface area contributed by atoms with E-state index in [0.29, 0.717) is 12.5 Å². The van der Waals surface area contributed by atoms with Crippen molar-refractivity contribution < 1.29 is 9.47 Å². The Balaban J connectivity index is 2.24. The minimum Gasteiger partial charge on any atom is -0.497 e. The fourth-order valence-corrected chi connectivity index (χ4v) is 2.45. The number of nitrogens with zero attached hydrogens (tertiary/aromatic N) is 2. The summed E-state index contributed by atoms with van der Waals surface area (Å²) >= 11 is 0. The molecule has 0 spiro atoms. The van der Waals surface area contributed by atoms with Crippen molar-refractivity contribution in [3.05, 3.63) is 24.3 Å². The Morgan fingerprint density at radius 3 is 2.80 bits per heavy atom. The van der Waals surface area contributed by atoms with E-state index in [1.54, 1.807) is 14.2 Å². The second-order valence-corrected chi connectivity index (χ2v) is 5.59. The average Bonchev–Trinajstić information content (AvgIpc) is 2.79. The number of rotatable bonds is 5. The van der Waals surface area contributed by atoms with E-state index < -0.39 is 0 Å². The lowest BCUT2D eigenvalue weighted by atomic mass is 9.98. The number of ether oxygens (including phenoxy) is 2. The third-order valence-electron chi connectivity index (χ3n) is 3.69. The zero-order chi connectivity index (χ0) is 14.8. The molecule has 2 rings (SSSR count). The topological polar surface area (TPSA) is 60.1 Å². The van der Waals surface area contributed by atoms with Crippen LogP contribution in [0.1, 0.15) is 20.3 Å². The van der Waals surface area contributed by atoms with E-state index >= 15 is 0 Å². The van der Waals surface area contributed by atoms with Crippen molar-refractivity contribution in [1.82, 2.24) is 0 Å². The summed E-state index contributed by atoms with van der Waals surface area (Å²) in [6.07, 6.45) is 0.852. The fraction of sp³-hybridized carbons (Fsp3) is 0.533. The predicted octanol–water partition coefficient (Wildman–Crippen LogP) is 2.01. The maximum Gasteiger partial charge on any atom is 0.196 e. The molecule has 0 aliphatic carbocycles. The summed E-state index contributed by atoms with van der Waals surface area (Å²) in [4.78, 5) is 6.43. The van der Waals surface area contributed by atoms with E-state index in [4.69, 9.17) is 15.2 Å². The third-order valence-corrected chi connectivity index (χ3v) is 3.69. The molecule has 5 nitrogen and oxygen atoms in total. The highest BCUT2D eigenvalue weighted by Gasteiger charge is 2.32. The molecule has 0 aromatic heterocycles. The van der Waals surface area contributed by atoms with Gasteiger partial charge in [-0.3, -0.25) is 4.99 Å². The van der Waals surface area contributed by atoms with Gasteiger partial charge in [0, 0.05) is 18.9 Å². The van der Waals surface area contributed by atoms with Gasteiger partial charge in [0.1, 0.15) is 5.75 Å². The highest BCUT2D eigenvalue weighted by atomic mass is 16.5. The first-order chi connectivity index (χ1) is 9.46. The number of anilines is 1. The van der Waals surface area contributed by atoms with Crippen LogP contribution in [0.25, 0.3) is 0 Å². The van der Waals surface area contributed by atoms with E-state index in [-0.39, 0.29) is 11.6 Å². The number of aliphatic imine (C=N–C) groups is 1. The lowest BCUT2D eigenvalue weighted by Crippen LogP contribution is -2.44. The van der Waals surface area contributed by atoms with Crippen molar-refractivity contribution in [2.75, 3.05) is 25.7 Å². The van der Waals surface area contributed by atoms with Gasteiger partial charge in [0.15, 0.2) is 5.96 Å². The highest BCUT2D eigenvalue weighted by Crippen LogP contribution is 2.29. The number of hydrogen-bond acceptors (Lipinski definition) is 5. The number of hydrogen-bond donors (Lipinski definition) is 1. The first kappa shape index (κ1) is 14.7. The van der Waals surface area contributed by atoms with E-state index in [1.165, 1.54) is 0 Å².